The number of aromatic nitrogens is 1. The van der Waals surface area contributed by atoms with E-state index in [0.717, 1.165) is 16.6 Å². The lowest BCUT2D eigenvalue weighted by Gasteiger charge is -2.07. The van der Waals surface area contributed by atoms with Gasteiger partial charge in [0.2, 0.25) is 0 Å². The van der Waals surface area contributed by atoms with Crippen LogP contribution in [0.2, 0.25) is 0 Å². The highest BCUT2D eigenvalue weighted by Gasteiger charge is 2.22. The minimum atomic E-state index is -0.859. The van der Waals surface area contributed by atoms with Gasteiger partial charge in [0.15, 0.2) is 0 Å². The van der Waals surface area contributed by atoms with E-state index in [1.54, 1.807) is 31.2 Å². The number of carbonyl (C=O) groups is 1. The average Bonchev–Trinajstić information content (AvgIpc) is 2.92. The molecule has 7 heteroatoms. The monoisotopic (exact) mass is 392 g/mol. The molecule has 0 aliphatic carbocycles. The maximum atomic E-state index is 13.7. The molecule has 0 radical (unpaired) electrons. The summed E-state index contributed by atoms with van der Waals surface area (Å²) in [5.41, 5.74) is 1.10. The fraction of sp³-hybridized carbons (Fsp3) is 0.0588. The molecule has 0 atom stereocenters. The summed E-state index contributed by atoms with van der Waals surface area (Å²) in [6.45, 7) is 1.59. The zero-order valence-corrected chi connectivity index (χ0v) is 14.0. The second-order valence-corrected chi connectivity index (χ2v) is 5.96. The fourth-order valence-corrected chi connectivity index (χ4v) is 2.48. The molecule has 1 aromatic heterocycles. The number of aryl methyl sites for hydroxylation is 1. The van der Waals surface area contributed by atoms with Gasteiger partial charge < -0.3 is 9.84 Å². The molecule has 0 aliphatic rings. The second-order valence-electron chi connectivity index (χ2n) is 5.05. The number of nitrogens with one attached hydrogen (secondary N) is 1. The molecule has 3 rings (SSSR count). The van der Waals surface area contributed by atoms with Crippen molar-refractivity contribution in [2.75, 3.05) is 5.32 Å². The average molecular weight is 393 g/mol. The van der Waals surface area contributed by atoms with Crippen LogP contribution < -0.4 is 5.32 Å². The molecule has 0 unspecified atom stereocenters. The molecule has 4 nitrogen and oxygen atoms in total. The Kier molecular flexibility index (Phi) is 4.44. The topological polar surface area (TPSA) is 55.1 Å². The SMILES string of the molecule is Cc1onc(-c2ccc(Br)cc2)c1C(=O)Nc1ccc(F)cc1F. The summed E-state index contributed by atoms with van der Waals surface area (Å²) < 4.78 is 32.7. The Bertz CT molecular complexity index is 907. The van der Waals surface area contributed by atoms with Crippen LogP contribution in [0.5, 0.6) is 0 Å². The summed E-state index contributed by atoms with van der Waals surface area (Å²) in [5, 5.41) is 6.32. The third-order valence-corrected chi connectivity index (χ3v) is 3.92. The van der Waals surface area contributed by atoms with Crippen LogP contribution in [0.4, 0.5) is 14.5 Å². The predicted molar refractivity (Wildman–Crippen MR) is 88.7 cm³/mol. The van der Waals surface area contributed by atoms with Gasteiger partial charge in [0.1, 0.15) is 28.7 Å². The van der Waals surface area contributed by atoms with E-state index in [1.807, 2.05) is 0 Å². The number of hydrogen-bond donors (Lipinski definition) is 1. The van der Waals surface area contributed by atoms with E-state index in [0.29, 0.717) is 23.1 Å². The molecule has 24 heavy (non-hydrogen) atoms. The fourth-order valence-electron chi connectivity index (χ4n) is 2.22. The van der Waals surface area contributed by atoms with E-state index in [2.05, 4.69) is 26.4 Å². The van der Waals surface area contributed by atoms with E-state index >= 15 is 0 Å². The largest absolute Gasteiger partial charge is 0.360 e. The van der Waals surface area contributed by atoms with Crippen molar-refractivity contribution in [1.29, 1.82) is 0 Å². The molecular weight excluding hydrogens is 382 g/mol. The number of rotatable bonds is 3. The van der Waals surface area contributed by atoms with Crippen LogP contribution in [0, 0.1) is 18.6 Å². The van der Waals surface area contributed by atoms with E-state index < -0.39 is 17.5 Å². The molecule has 0 spiro atoms. The number of hydrogen-bond acceptors (Lipinski definition) is 3. The number of benzene rings is 2. The predicted octanol–water partition coefficient (Wildman–Crippen LogP) is 4.94. The van der Waals surface area contributed by atoms with E-state index in [9.17, 15) is 13.6 Å². The Morgan fingerprint density at radius 3 is 2.54 bits per heavy atom. The maximum absolute atomic E-state index is 13.7. The van der Waals surface area contributed by atoms with Crippen molar-refractivity contribution >= 4 is 27.5 Å². The Balaban J connectivity index is 1.95. The lowest BCUT2D eigenvalue weighted by molar-refractivity contribution is 0.102. The highest BCUT2D eigenvalue weighted by atomic mass is 79.9. The summed E-state index contributed by atoms with van der Waals surface area (Å²) in [7, 11) is 0. The Morgan fingerprint density at radius 2 is 1.88 bits per heavy atom. The molecule has 2 aromatic carbocycles. The summed E-state index contributed by atoms with van der Waals surface area (Å²) in [5.74, 6) is -1.87. The highest BCUT2D eigenvalue weighted by molar-refractivity contribution is 9.10. The molecule has 0 aliphatic heterocycles. The van der Waals surface area contributed by atoms with Crippen molar-refractivity contribution in [2.24, 2.45) is 0 Å². The number of carbonyl (C=O) groups excluding carboxylic acids is 1. The number of halogens is 3. The maximum Gasteiger partial charge on any atom is 0.261 e. The first-order valence-electron chi connectivity index (χ1n) is 6.94. The number of nitrogens with zero attached hydrogens (tertiary/aromatic N) is 1. The molecule has 3 aromatic rings. The minimum Gasteiger partial charge on any atom is -0.360 e. The Hall–Kier alpha value is -2.54. The van der Waals surface area contributed by atoms with Gasteiger partial charge in [-0.2, -0.15) is 0 Å². The van der Waals surface area contributed by atoms with Crippen molar-refractivity contribution in [3.63, 3.8) is 0 Å². The van der Waals surface area contributed by atoms with Gasteiger partial charge in [-0.05, 0) is 31.2 Å². The molecule has 1 heterocycles. The summed E-state index contributed by atoms with van der Waals surface area (Å²) in [6, 6.07) is 10.1. The first-order valence-corrected chi connectivity index (χ1v) is 7.73. The lowest BCUT2D eigenvalue weighted by atomic mass is 10.1. The standard InChI is InChI=1S/C17H11BrF2N2O2/c1-9-15(16(22-24-9)10-2-4-11(18)5-3-10)17(23)21-14-7-6-12(19)8-13(14)20/h2-8H,1H3,(H,21,23). The molecular formula is C17H11BrF2N2O2. The first kappa shape index (κ1) is 16.3. The van der Waals surface area contributed by atoms with Gasteiger partial charge in [0.25, 0.3) is 5.91 Å². The highest BCUT2D eigenvalue weighted by Crippen LogP contribution is 2.27. The molecule has 0 saturated heterocycles. The van der Waals surface area contributed by atoms with Crippen molar-refractivity contribution in [1.82, 2.24) is 5.16 Å². The van der Waals surface area contributed by atoms with Crippen LogP contribution in [0.3, 0.4) is 0 Å². The van der Waals surface area contributed by atoms with Crippen LogP contribution >= 0.6 is 15.9 Å². The van der Waals surface area contributed by atoms with Crippen LogP contribution in [-0.2, 0) is 0 Å². The summed E-state index contributed by atoms with van der Waals surface area (Å²) >= 11 is 3.33. The van der Waals surface area contributed by atoms with Crippen LogP contribution in [0.25, 0.3) is 11.3 Å². The van der Waals surface area contributed by atoms with Gasteiger partial charge in [-0.1, -0.05) is 33.2 Å². The van der Waals surface area contributed by atoms with Gasteiger partial charge in [0.05, 0.1) is 5.69 Å². The van der Waals surface area contributed by atoms with Gasteiger partial charge >= 0.3 is 0 Å². The van der Waals surface area contributed by atoms with Crippen molar-refractivity contribution < 1.29 is 18.1 Å². The van der Waals surface area contributed by atoms with Crippen LogP contribution in [0.15, 0.2) is 51.5 Å². The van der Waals surface area contributed by atoms with Gasteiger partial charge in [-0.15, -0.1) is 0 Å². The Morgan fingerprint density at radius 1 is 1.17 bits per heavy atom. The van der Waals surface area contributed by atoms with Crippen molar-refractivity contribution in [3.8, 4) is 11.3 Å². The smallest absolute Gasteiger partial charge is 0.261 e. The van der Waals surface area contributed by atoms with Gasteiger partial charge in [-0.3, -0.25) is 4.79 Å². The van der Waals surface area contributed by atoms with E-state index in [1.165, 1.54) is 0 Å². The number of anilines is 1. The molecule has 1 amide bonds. The normalized spacial score (nSPS) is 10.7. The zero-order valence-electron chi connectivity index (χ0n) is 12.4. The first-order chi connectivity index (χ1) is 11.5. The van der Waals surface area contributed by atoms with Crippen molar-refractivity contribution in [2.45, 2.75) is 6.92 Å². The third-order valence-electron chi connectivity index (χ3n) is 3.39. The van der Waals surface area contributed by atoms with E-state index in [4.69, 9.17) is 4.52 Å². The molecule has 0 fully saturated rings. The van der Waals surface area contributed by atoms with Gasteiger partial charge in [-0.25, -0.2) is 8.78 Å². The molecule has 122 valence electrons. The molecule has 0 saturated carbocycles. The zero-order chi connectivity index (χ0) is 17.3. The summed E-state index contributed by atoms with van der Waals surface area (Å²) in [6.07, 6.45) is 0. The Labute approximate surface area is 144 Å². The quantitative estimate of drug-likeness (QED) is 0.686. The molecule has 0 bridgehead atoms. The van der Waals surface area contributed by atoms with Gasteiger partial charge in [0, 0.05) is 16.1 Å². The lowest BCUT2D eigenvalue weighted by Crippen LogP contribution is -2.14. The molecule has 1 N–H and O–H groups in total. The third kappa shape index (κ3) is 3.21. The van der Waals surface area contributed by atoms with Crippen molar-refractivity contribution in [3.05, 3.63) is 69.9 Å². The summed E-state index contributed by atoms with van der Waals surface area (Å²) in [4.78, 5) is 12.5. The number of amides is 1. The minimum absolute atomic E-state index is 0.122. The van der Waals surface area contributed by atoms with E-state index in [-0.39, 0.29) is 11.3 Å². The second kappa shape index (κ2) is 6.52. The van der Waals surface area contributed by atoms with Crippen LogP contribution in [0.1, 0.15) is 16.1 Å². The van der Waals surface area contributed by atoms with Crippen LogP contribution in [-0.4, -0.2) is 11.1 Å².